The van der Waals surface area contributed by atoms with Crippen LogP contribution in [0.2, 0.25) is 0 Å². The summed E-state index contributed by atoms with van der Waals surface area (Å²) in [5, 5.41) is 1.25. The van der Waals surface area contributed by atoms with Crippen molar-refractivity contribution < 1.29 is 13.9 Å². The van der Waals surface area contributed by atoms with Gasteiger partial charge >= 0.3 is 5.63 Å². The minimum atomic E-state index is -0.646. The fourth-order valence-electron chi connectivity index (χ4n) is 3.17. The van der Waals surface area contributed by atoms with Gasteiger partial charge in [-0.3, -0.25) is 9.69 Å². The van der Waals surface area contributed by atoms with Crippen LogP contribution in [0.1, 0.15) is 24.2 Å². The van der Waals surface area contributed by atoms with Gasteiger partial charge in [-0.05, 0) is 38.1 Å². The summed E-state index contributed by atoms with van der Waals surface area (Å²) < 4.78 is 11.0. The van der Waals surface area contributed by atoms with E-state index in [2.05, 4.69) is 4.99 Å². The second-order valence-electron chi connectivity index (χ2n) is 6.62. The molecule has 4 rings (SSSR count). The van der Waals surface area contributed by atoms with E-state index < -0.39 is 11.5 Å². The maximum absolute atomic E-state index is 13.3. The van der Waals surface area contributed by atoms with Crippen molar-refractivity contribution in [2.45, 2.75) is 19.9 Å². The van der Waals surface area contributed by atoms with Crippen LogP contribution in [-0.4, -0.2) is 34.4 Å². The molecular formula is C22H20N2O4S. The molecule has 7 heteroatoms. The molecule has 2 aromatic carbocycles. The Bertz CT molecular complexity index is 1150. The minimum absolute atomic E-state index is 0.00356. The van der Waals surface area contributed by atoms with Crippen LogP contribution in [0.4, 0.5) is 5.69 Å². The summed E-state index contributed by atoms with van der Waals surface area (Å²) in [5.74, 6) is 0.940. The Kier molecular flexibility index (Phi) is 5.40. The number of ether oxygens (including phenoxy) is 1. The predicted octanol–water partition coefficient (Wildman–Crippen LogP) is 4.46. The number of carbonyl (C=O) groups excluding carboxylic acids is 1. The number of hydrogen-bond acceptors (Lipinski definition) is 6. The number of carbonyl (C=O) groups is 1. The van der Waals surface area contributed by atoms with Crippen LogP contribution in [0.25, 0.3) is 11.0 Å². The second-order valence-corrected chi connectivity index (χ2v) is 7.60. The van der Waals surface area contributed by atoms with Crippen molar-refractivity contribution in [1.29, 1.82) is 0 Å². The minimum Gasteiger partial charge on any atom is -0.492 e. The molecule has 1 unspecified atom stereocenters. The summed E-state index contributed by atoms with van der Waals surface area (Å²) >= 11 is 1.48. The summed E-state index contributed by atoms with van der Waals surface area (Å²) in [6, 6.07) is 16.1. The van der Waals surface area contributed by atoms with Crippen molar-refractivity contribution in [3.8, 4) is 5.75 Å². The molecule has 1 atom stereocenters. The first kappa shape index (κ1) is 19.3. The summed E-state index contributed by atoms with van der Waals surface area (Å²) in [7, 11) is 0. The number of benzene rings is 2. The summed E-state index contributed by atoms with van der Waals surface area (Å²) in [4.78, 5) is 32.0. The molecule has 0 spiro atoms. The SMILES string of the molecule is CCOc1ccccc1N=C1SCC(C)N1C(=O)c1cc2ccccc2oc1=O. The van der Waals surface area contributed by atoms with Gasteiger partial charge in [-0.2, -0.15) is 0 Å². The third-order valence-electron chi connectivity index (χ3n) is 4.57. The summed E-state index contributed by atoms with van der Waals surface area (Å²) in [6.45, 7) is 4.36. The number of para-hydroxylation sites is 3. The van der Waals surface area contributed by atoms with Gasteiger partial charge in [0, 0.05) is 17.2 Å². The smallest absolute Gasteiger partial charge is 0.349 e. The first-order valence-electron chi connectivity index (χ1n) is 9.38. The molecule has 0 radical (unpaired) electrons. The normalized spacial score (nSPS) is 17.8. The first-order chi connectivity index (χ1) is 14.1. The Morgan fingerprint density at radius 1 is 1.24 bits per heavy atom. The Morgan fingerprint density at radius 2 is 2.00 bits per heavy atom. The number of amides is 1. The molecular weight excluding hydrogens is 388 g/mol. The number of hydrogen-bond donors (Lipinski definition) is 0. The van der Waals surface area contributed by atoms with Crippen LogP contribution in [0, 0.1) is 0 Å². The zero-order chi connectivity index (χ0) is 20.4. The van der Waals surface area contributed by atoms with Crippen molar-refractivity contribution in [1.82, 2.24) is 4.90 Å². The molecule has 6 nitrogen and oxygen atoms in total. The molecule has 1 amide bonds. The highest BCUT2D eigenvalue weighted by atomic mass is 32.2. The molecule has 3 aromatic rings. The molecule has 0 saturated carbocycles. The molecule has 29 heavy (non-hydrogen) atoms. The molecule has 1 fully saturated rings. The van der Waals surface area contributed by atoms with Gasteiger partial charge in [-0.15, -0.1) is 0 Å². The molecule has 1 saturated heterocycles. The Labute approximate surface area is 172 Å². The summed E-state index contributed by atoms with van der Waals surface area (Å²) in [6.07, 6.45) is 0. The van der Waals surface area contributed by atoms with Crippen molar-refractivity contribution in [2.24, 2.45) is 4.99 Å². The molecule has 148 valence electrons. The highest BCUT2D eigenvalue weighted by Gasteiger charge is 2.34. The van der Waals surface area contributed by atoms with Crippen LogP contribution in [-0.2, 0) is 0 Å². The van der Waals surface area contributed by atoms with Crippen molar-refractivity contribution in [2.75, 3.05) is 12.4 Å². The topological polar surface area (TPSA) is 72.1 Å². The zero-order valence-electron chi connectivity index (χ0n) is 16.1. The van der Waals surface area contributed by atoms with E-state index >= 15 is 0 Å². The lowest BCUT2D eigenvalue weighted by molar-refractivity contribution is 0.0824. The van der Waals surface area contributed by atoms with Gasteiger partial charge in [0.05, 0.1) is 6.61 Å². The monoisotopic (exact) mass is 408 g/mol. The van der Waals surface area contributed by atoms with Crippen LogP contribution in [0.15, 0.2) is 68.8 Å². The van der Waals surface area contributed by atoms with E-state index in [0.717, 1.165) is 0 Å². The first-order valence-corrected chi connectivity index (χ1v) is 10.4. The number of fused-ring (bicyclic) bond motifs is 1. The van der Waals surface area contributed by atoms with Gasteiger partial charge in [0.15, 0.2) is 5.17 Å². The Hall–Kier alpha value is -3.06. The Balaban J connectivity index is 1.74. The van der Waals surface area contributed by atoms with Gasteiger partial charge in [0.25, 0.3) is 5.91 Å². The van der Waals surface area contributed by atoms with Crippen LogP contribution in [0.3, 0.4) is 0 Å². The lowest BCUT2D eigenvalue weighted by atomic mass is 10.1. The number of aliphatic imine (C=N–C) groups is 1. The molecule has 1 aromatic heterocycles. The largest absolute Gasteiger partial charge is 0.492 e. The van der Waals surface area contributed by atoms with Gasteiger partial charge < -0.3 is 9.15 Å². The highest BCUT2D eigenvalue weighted by Crippen LogP contribution is 2.33. The summed E-state index contributed by atoms with van der Waals surface area (Å²) in [5.41, 5.74) is 0.461. The van der Waals surface area contributed by atoms with E-state index in [0.29, 0.717) is 39.9 Å². The average molecular weight is 408 g/mol. The van der Waals surface area contributed by atoms with Gasteiger partial charge in [0.1, 0.15) is 22.6 Å². The van der Waals surface area contributed by atoms with Crippen molar-refractivity contribution in [3.63, 3.8) is 0 Å². The van der Waals surface area contributed by atoms with E-state index in [-0.39, 0.29) is 11.6 Å². The lowest BCUT2D eigenvalue weighted by Gasteiger charge is -2.21. The van der Waals surface area contributed by atoms with E-state index in [4.69, 9.17) is 9.15 Å². The van der Waals surface area contributed by atoms with Crippen molar-refractivity contribution in [3.05, 3.63) is 70.6 Å². The average Bonchev–Trinajstić information content (AvgIpc) is 3.08. The number of amidine groups is 1. The predicted molar refractivity (Wildman–Crippen MR) is 115 cm³/mol. The van der Waals surface area contributed by atoms with E-state index in [1.165, 1.54) is 11.8 Å². The van der Waals surface area contributed by atoms with Crippen LogP contribution >= 0.6 is 11.8 Å². The maximum atomic E-state index is 13.3. The maximum Gasteiger partial charge on any atom is 0.349 e. The van der Waals surface area contributed by atoms with Crippen LogP contribution in [0.5, 0.6) is 5.75 Å². The van der Waals surface area contributed by atoms with Gasteiger partial charge in [-0.25, -0.2) is 9.79 Å². The zero-order valence-corrected chi connectivity index (χ0v) is 16.9. The second kappa shape index (κ2) is 8.13. The standard InChI is InChI=1S/C22H20N2O4S/c1-3-27-19-11-7-5-9-17(19)23-22-24(14(2)13-29-22)20(25)16-12-15-8-4-6-10-18(15)28-21(16)26/h4-12,14H,3,13H2,1-2H3. The fraction of sp³-hybridized carbons (Fsp3) is 0.227. The Morgan fingerprint density at radius 3 is 2.83 bits per heavy atom. The molecule has 0 bridgehead atoms. The molecule has 1 aliphatic rings. The third kappa shape index (κ3) is 3.78. The van der Waals surface area contributed by atoms with Gasteiger partial charge in [-0.1, -0.05) is 42.1 Å². The van der Waals surface area contributed by atoms with E-state index in [1.807, 2.05) is 50.2 Å². The molecule has 0 N–H and O–H groups in total. The quantitative estimate of drug-likeness (QED) is 0.596. The fourth-order valence-corrected chi connectivity index (χ4v) is 4.28. The van der Waals surface area contributed by atoms with Crippen molar-refractivity contribution >= 4 is 39.5 Å². The molecule has 2 heterocycles. The number of nitrogens with zero attached hydrogens (tertiary/aromatic N) is 2. The van der Waals surface area contributed by atoms with Gasteiger partial charge in [0.2, 0.25) is 0 Å². The van der Waals surface area contributed by atoms with E-state index in [1.54, 1.807) is 23.1 Å². The number of thioether (sulfide) groups is 1. The third-order valence-corrected chi connectivity index (χ3v) is 5.77. The highest BCUT2D eigenvalue weighted by molar-refractivity contribution is 8.14. The van der Waals surface area contributed by atoms with Crippen LogP contribution < -0.4 is 10.4 Å². The van der Waals surface area contributed by atoms with E-state index in [9.17, 15) is 9.59 Å². The lowest BCUT2D eigenvalue weighted by Crippen LogP contribution is -2.39. The number of rotatable bonds is 4. The molecule has 0 aliphatic carbocycles. The molecule has 1 aliphatic heterocycles.